The Labute approximate surface area is 180 Å². The molecule has 0 fully saturated rings. The second-order valence-electron chi connectivity index (χ2n) is 9.02. The molecule has 28 heavy (non-hydrogen) atoms. The van der Waals surface area contributed by atoms with Crippen molar-refractivity contribution in [1.82, 2.24) is 0 Å². The van der Waals surface area contributed by atoms with Crippen LogP contribution in [0.15, 0.2) is 6.08 Å². The summed E-state index contributed by atoms with van der Waals surface area (Å²) in [6.07, 6.45) is 39.9. The highest BCUT2D eigenvalue weighted by molar-refractivity contribution is 4.73. The molecule has 0 aromatic rings. The summed E-state index contributed by atoms with van der Waals surface area (Å²) in [5.74, 6) is 0. The van der Waals surface area contributed by atoms with Crippen molar-refractivity contribution in [3.63, 3.8) is 0 Å². The number of allylic oxidation sites excluding steroid dienone is 2. The first-order valence-corrected chi connectivity index (χ1v) is 13.5. The summed E-state index contributed by atoms with van der Waals surface area (Å²) >= 11 is 0. The minimum Gasteiger partial charge on any atom is -0.0811 e. The SMILES string of the molecule is CCCCCCCCCCCCC/[C]=C\CCCCCCCCCCCCC. The summed E-state index contributed by atoms with van der Waals surface area (Å²) in [4.78, 5) is 0. The Morgan fingerprint density at radius 2 is 0.714 bits per heavy atom. The highest BCUT2D eigenvalue weighted by atomic mass is 14.0. The van der Waals surface area contributed by atoms with E-state index in [1.54, 1.807) is 0 Å². The van der Waals surface area contributed by atoms with E-state index >= 15 is 0 Å². The van der Waals surface area contributed by atoms with Crippen LogP contribution in [0.1, 0.15) is 168 Å². The lowest BCUT2D eigenvalue weighted by Gasteiger charge is -2.02. The van der Waals surface area contributed by atoms with E-state index in [1.807, 2.05) is 0 Å². The average molecular weight is 392 g/mol. The van der Waals surface area contributed by atoms with E-state index in [-0.39, 0.29) is 0 Å². The summed E-state index contributed by atoms with van der Waals surface area (Å²) in [5, 5.41) is 0. The van der Waals surface area contributed by atoms with Gasteiger partial charge < -0.3 is 0 Å². The smallest absolute Gasteiger partial charge is 0.0279 e. The fourth-order valence-electron chi connectivity index (χ4n) is 4.01. The lowest BCUT2D eigenvalue weighted by atomic mass is 10.0. The van der Waals surface area contributed by atoms with Crippen molar-refractivity contribution in [2.24, 2.45) is 0 Å². The Balaban J connectivity index is 3.05. The molecule has 0 N–H and O–H groups in total. The first-order valence-electron chi connectivity index (χ1n) is 13.5. The topological polar surface area (TPSA) is 0 Å². The van der Waals surface area contributed by atoms with E-state index in [2.05, 4.69) is 26.0 Å². The molecule has 0 nitrogen and oxygen atoms in total. The number of hydrogen-bond donors (Lipinski definition) is 0. The minimum absolute atomic E-state index is 1.19. The minimum atomic E-state index is 1.19. The van der Waals surface area contributed by atoms with Crippen molar-refractivity contribution in [1.29, 1.82) is 0 Å². The molecule has 0 atom stereocenters. The zero-order valence-electron chi connectivity index (χ0n) is 20.0. The summed E-state index contributed by atoms with van der Waals surface area (Å²) in [6.45, 7) is 4.59. The number of hydrogen-bond acceptors (Lipinski definition) is 0. The van der Waals surface area contributed by atoms with Gasteiger partial charge in [-0.3, -0.25) is 0 Å². The summed E-state index contributed by atoms with van der Waals surface area (Å²) < 4.78 is 0. The summed E-state index contributed by atoms with van der Waals surface area (Å²) in [5.41, 5.74) is 0. The zero-order valence-corrected chi connectivity index (χ0v) is 20.0. The molecule has 0 saturated heterocycles. The van der Waals surface area contributed by atoms with Gasteiger partial charge in [0.1, 0.15) is 0 Å². The van der Waals surface area contributed by atoms with Crippen molar-refractivity contribution >= 4 is 0 Å². The Kier molecular flexibility index (Phi) is 26.5. The molecule has 0 saturated carbocycles. The highest BCUT2D eigenvalue weighted by Crippen LogP contribution is 2.13. The lowest BCUT2D eigenvalue weighted by Crippen LogP contribution is -1.82. The van der Waals surface area contributed by atoms with Crippen LogP contribution < -0.4 is 0 Å². The van der Waals surface area contributed by atoms with Crippen LogP contribution in [0.3, 0.4) is 0 Å². The molecule has 1 radical (unpaired) electrons. The number of unbranched alkanes of at least 4 members (excludes halogenated alkanes) is 22. The standard InChI is InChI=1S/C28H55/c1-3-5-7-9-11-13-15-17-19-21-23-25-27-28-26-24-22-20-18-16-14-12-10-8-6-4-2/h27H,3-26H2,1-2H3. The van der Waals surface area contributed by atoms with Crippen LogP contribution >= 0.6 is 0 Å². The van der Waals surface area contributed by atoms with Crippen LogP contribution in [0.25, 0.3) is 0 Å². The van der Waals surface area contributed by atoms with Crippen molar-refractivity contribution in [3.8, 4) is 0 Å². The monoisotopic (exact) mass is 391 g/mol. The molecule has 0 rings (SSSR count). The van der Waals surface area contributed by atoms with Crippen LogP contribution in [0.4, 0.5) is 0 Å². The van der Waals surface area contributed by atoms with Crippen molar-refractivity contribution < 1.29 is 0 Å². The van der Waals surface area contributed by atoms with Crippen LogP contribution in [-0.4, -0.2) is 0 Å². The molecular formula is C28H55. The van der Waals surface area contributed by atoms with E-state index in [1.165, 1.54) is 154 Å². The third-order valence-corrected chi connectivity index (χ3v) is 6.02. The van der Waals surface area contributed by atoms with Gasteiger partial charge in [-0.15, -0.1) is 0 Å². The van der Waals surface area contributed by atoms with Crippen molar-refractivity contribution in [2.45, 2.75) is 168 Å². The van der Waals surface area contributed by atoms with E-state index in [0.717, 1.165) is 0 Å². The number of rotatable bonds is 24. The summed E-state index contributed by atoms with van der Waals surface area (Å²) in [6, 6.07) is 0. The largest absolute Gasteiger partial charge is 0.0811 e. The van der Waals surface area contributed by atoms with Crippen LogP contribution in [0.5, 0.6) is 0 Å². The fourth-order valence-corrected chi connectivity index (χ4v) is 4.01. The van der Waals surface area contributed by atoms with Gasteiger partial charge in [0.25, 0.3) is 0 Å². The molecule has 0 aliphatic rings. The molecule has 0 aliphatic carbocycles. The summed E-state index contributed by atoms with van der Waals surface area (Å²) in [7, 11) is 0. The first kappa shape index (κ1) is 27.7. The predicted molar refractivity (Wildman–Crippen MR) is 130 cm³/mol. The first-order chi connectivity index (χ1) is 13.9. The fraction of sp³-hybridized carbons (Fsp3) is 0.929. The second kappa shape index (κ2) is 26.7. The van der Waals surface area contributed by atoms with Gasteiger partial charge in [0.05, 0.1) is 0 Å². The van der Waals surface area contributed by atoms with Gasteiger partial charge in [0, 0.05) is 0 Å². The molecule has 0 amide bonds. The average Bonchev–Trinajstić information content (AvgIpc) is 2.71. The van der Waals surface area contributed by atoms with Crippen molar-refractivity contribution in [3.05, 3.63) is 12.2 Å². The maximum Gasteiger partial charge on any atom is -0.0279 e. The predicted octanol–water partition coefficient (Wildman–Crippen LogP) is 10.7. The van der Waals surface area contributed by atoms with E-state index in [0.29, 0.717) is 0 Å². The highest BCUT2D eigenvalue weighted by Gasteiger charge is 1.94. The third-order valence-electron chi connectivity index (χ3n) is 6.02. The van der Waals surface area contributed by atoms with Crippen LogP contribution in [-0.2, 0) is 0 Å². The van der Waals surface area contributed by atoms with Gasteiger partial charge in [0.2, 0.25) is 0 Å². The molecule has 0 aliphatic heterocycles. The van der Waals surface area contributed by atoms with Crippen LogP contribution in [0.2, 0.25) is 0 Å². The molecular weight excluding hydrogens is 336 g/mol. The van der Waals surface area contributed by atoms with Gasteiger partial charge in [-0.1, -0.05) is 148 Å². The molecule has 0 heteroatoms. The van der Waals surface area contributed by atoms with Crippen molar-refractivity contribution in [2.75, 3.05) is 0 Å². The van der Waals surface area contributed by atoms with Gasteiger partial charge in [-0.2, -0.15) is 0 Å². The third kappa shape index (κ3) is 25.7. The molecule has 0 spiro atoms. The van der Waals surface area contributed by atoms with Gasteiger partial charge in [-0.25, -0.2) is 0 Å². The molecule has 0 aromatic heterocycles. The van der Waals surface area contributed by atoms with E-state index in [4.69, 9.17) is 0 Å². The Hall–Kier alpha value is -0.260. The van der Waals surface area contributed by atoms with Gasteiger partial charge >= 0.3 is 0 Å². The normalized spacial score (nSPS) is 11.6. The van der Waals surface area contributed by atoms with E-state index in [9.17, 15) is 0 Å². The quantitative estimate of drug-likeness (QED) is 0.143. The zero-order chi connectivity index (χ0) is 20.4. The molecule has 0 aromatic carbocycles. The second-order valence-corrected chi connectivity index (χ2v) is 9.02. The van der Waals surface area contributed by atoms with Gasteiger partial charge in [-0.05, 0) is 31.8 Å². The Morgan fingerprint density at radius 3 is 1.11 bits per heavy atom. The Bertz CT molecular complexity index is 250. The molecule has 0 bridgehead atoms. The maximum atomic E-state index is 3.53. The molecule has 0 unspecified atom stereocenters. The van der Waals surface area contributed by atoms with E-state index < -0.39 is 0 Å². The molecule has 0 heterocycles. The lowest BCUT2D eigenvalue weighted by molar-refractivity contribution is 0.548. The Morgan fingerprint density at radius 1 is 0.393 bits per heavy atom. The molecule has 167 valence electrons. The van der Waals surface area contributed by atoms with Gasteiger partial charge in [0.15, 0.2) is 0 Å². The maximum absolute atomic E-state index is 3.53. The van der Waals surface area contributed by atoms with Crippen LogP contribution in [0, 0.1) is 6.08 Å².